The molecule has 0 aromatic heterocycles. The standard InChI is InChI=1S/C18H21ClN2O5S/c1-4-26-14-6-8-15(9-7-14)27(23,24)21-12(2)18(22)20-16-11-13(19)5-10-17(16)25-3/h5-12,21H,4H2,1-3H3,(H,20,22)/t12-/m1/s1. The van der Waals surface area contributed by atoms with Gasteiger partial charge in [-0.25, -0.2) is 8.42 Å². The Kier molecular flexibility index (Phi) is 7.06. The van der Waals surface area contributed by atoms with Crippen LogP contribution in [0.3, 0.4) is 0 Å². The number of benzene rings is 2. The molecule has 2 aromatic carbocycles. The lowest BCUT2D eigenvalue weighted by molar-refractivity contribution is -0.117. The van der Waals surface area contributed by atoms with Crippen molar-refractivity contribution in [1.82, 2.24) is 4.72 Å². The van der Waals surface area contributed by atoms with E-state index in [2.05, 4.69) is 10.0 Å². The van der Waals surface area contributed by atoms with Crippen LogP contribution in [0.2, 0.25) is 5.02 Å². The molecule has 0 bridgehead atoms. The van der Waals surface area contributed by atoms with Crippen LogP contribution in [0.25, 0.3) is 0 Å². The fourth-order valence-electron chi connectivity index (χ4n) is 2.25. The number of hydrogen-bond acceptors (Lipinski definition) is 5. The molecule has 0 unspecified atom stereocenters. The summed E-state index contributed by atoms with van der Waals surface area (Å²) in [6.07, 6.45) is 0. The highest BCUT2D eigenvalue weighted by Crippen LogP contribution is 2.27. The molecule has 0 aliphatic rings. The second kappa shape index (κ2) is 9.07. The van der Waals surface area contributed by atoms with E-state index in [-0.39, 0.29) is 4.90 Å². The lowest BCUT2D eigenvalue weighted by Crippen LogP contribution is -2.41. The zero-order valence-corrected chi connectivity index (χ0v) is 16.7. The first-order valence-electron chi connectivity index (χ1n) is 8.16. The summed E-state index contributed by atoms with van der Waals surface area (Å²) in [5.41, 5.74) is 0.349. The van der Waals surface area contributed by atoms with E-state index in [1.54, 1.807) is 24.3 Å². The molecule has 0 radical (unpaired) electrons. The van der Waals surface area contributed by atoms with E-state index in [1.807, 2.05) is 6.92 Å². The first kappa shape index (κ1) is 21.0. The van der Waals surface area contributed by atoms with Crippen LogP contribution in [-0.2, 0) is 14.8 Å². The molecular formula is C18H21ClN2O5S. The molecule has 2 rings (SSSR count). The molecule has 0 aliphatic heterocycles. The Morgan fingerprint density at radius 1 is 1.19 bits per heavy atom. The van der Waals surface area contributed by atoms with Gasteiger partial charge >= 0.3 is 0 Å². The second-order valence-electron chi connectivity index (χ2n) is 5.58. The number of halogens is 1. The monoisotopic (exact) mass is 412 g/mol. The average molecular weight is 413 g/mol. The van der Waals surface area contributed by atoms with Gasteiger partial charge in [-0.05, 0) is 56.3 Å². The molecule has 0 saturated carbocycles. The molecule has 9 heteroatoms. The number of methoxy groups -OCH3 is 1. The Hall–Kier alpha value is -2.29. The van der Waals surface area contributed by atoms with Gasteiger partial charge in [0.15, 0.2) is 0 Å². The number of amides is 1. The number of ether oxygens (including phenoxy) is 2. The number of rotatable bonds is 8. The third kappa shape index (κ3) is 5.59. The molecule has 27 heavy (non-hydrogen) atoms. The van der Waals surface area contributed by atoms with E-state index in [9.17, 15) is 13.2 Å². The van der Waals surface area contributed by atoms with Crippen LogP contribution in [0, 0.1) is 0 Å². The highest BCUT2D eigenvalue weighted by molar-refractivity contribution is 7.89. The minimum Gasteiger partial charge on any atom is -0.495 e. The van der Waals surface area contributed by atoms with E-state index >= 15 is 0 Å². The van der Waals surface area contributed by atoms with Gasteiger partial charge in [-0.1, -0.05) is 11.6 Å². The van der Waals surface area contributed by atoms with Crippen molar-refractivity contribution in [2.24, 2.45) is 0 Å². The maximum absolute atomic E-state index is 12.5. The zero-order chi connectivity index (χ0) is 20.0. The third-order valence-corrected chi connectivity index (χ3v) is 5.38. The summed E-state index contributed by atoms with van der Waals surface area (Å²) in [6.45, 7) is 3.76. The van der Waals surface area contributed by atoms with Gasteiger partial charge in [0.05, 0.1) is 30.3 Å². The second-order valence-corrected chi connectivity index (χ2v) is 7.73. The fourth-order valence-corrected chi connectivity index (χ4v) is 3.63. The summed E-state index contributed by atoms with van der Waals surface area (Å²) in [5, 5.41) is 3.02. The summed E-state index contributed by atoms with van der Waals surface area (Å²) in [7, 11) is -2.42. The van der Waals surface area contributed by atoms with Gasteiger partial charge in [0.2, 0.25) is 15.9 Å². The number of nitrogens with one attached hydrogen (secondary N) is 2. The highest BCUT2D eigenvalue weighted by Gasteiger charge is 2.23. The number of carbonyl (C=O) groups is 1. The first-order chi connectivity index (χ1) is 12.8. The molecule has 7 nitrogen and oxygen atoms in total. The van der Waals surface area contributed by atoms with Gasteiger partial charge in [-0.15, -0.1) is 0 Å². The third-order valence-electron chi connectivity index (χ3n) is 3.59. The van der Waals surface area contributed by atoms with E-state index in [1.165, 1.54) is 32.2 Å². The molecule has 2 N–H and O–H groups in total. The van der Waals surface area contributed by atoms with Crippen molar-refractivity contribution in [2.75, 3.05) is 19.0 Å². The van der Waals surface area contributed by atoms with Gasteiger partial charge in [0, 0.05) is 5.02 Å². The summed E-state index contributed by atoms with van der Waals surface area (Å²) in [6, 6.07) is 9.66. The Morgan fingerprint density at radius 3 is 2.44 bits per heavy atom. The molecule has 0 aliphatic carbocycles. The Morgan fingerprint density at radius 2 is 1.85 bits per heavy atom. The lowest BCUT2D eigenvalue weighted by Gasteiger charge is -2.16. The SMILES string of the molecule is CCOc1ccc(S(=O)(=O)N[C@H](C)C(=O)Nc2cc(Cl)ccc2OC)cc1. The highest BCUT2D eigenvalue weighted by atomic mass is 35.5. The fraction of sp³-hybridized carbons (Fsp3) is 0.278. The van der Waals surface area contributed by atoms with Crippen molar-refractivity contribution in [3.05, 3.63) is 47.5 Å². The average Bonchev–Trinajstić information content (AvgIpc) is 2.62. The Balaban J connectivity index is 2.09. The van der Waals surface area contributed by atoms with E-state index < -0.39 is 22.0 Å². The first-order valence-corrected chi connectivity index (χ1v) is 10.0. The van der Waals surface area contributed by atoms with Crippen LogP contribution in [0.1, 0.15) is 13.8 Å². The zero-order valence-electron chi connectivity index (χ0n) is 15.2. The summed E-state index contributed by atoms with van der Waals surface area (Å²) >= 11 is 5.93. The summed E-state index contributed by atoms with van der Waals surface area (Å²) in [4.78, 5) is 12.4. The summed E-state index contributed by atoms with van der Waals surface area (Å²) < 4.78 is 37.7. The predicted molar refractivity (Wildman–Crippen MR) is 104 cm³/mol. The molecule has 0 heterocycles. The number of sulfonamides is 1. The van der Waals surface area contributed by atoms with Crippen molar-refractivity contribution in [3.8, 4) is 11.5 Å². The molecule has 146 valence electrons. The van der Waals surface area contributed by atoms with Gasteiger partial charge < -0.3 is 14.8 Å². The van der Waals surface area contributed by atoms with E-state index in [0.29, 0.717) is 28.8 Å². The molecule has 2 aromatic rings. The van der Waals surface area contributed by atoms with Crippen molar-refractivity contribution in [1.29, 1.82) is 0 Å². The van der Waals surface area contributed by atoms with Gasteiger partial charge in [0.25, 0.3) is 0 Å². The molecule has 0 spiro atoms. The smallest absolute Gasteiger partial charge is 0.242 e. The molecular weight excluding hydrogens is 392 g/mol. The largest absolute Gasteiger partial charge is 0.495 e. The van der Waals surface area contributed by atoms with Gasteiger partial charge in [-0.2, -0.15) is 4.72 Å². The molecule has 0 saturated heterocycles. The minimum atomic E-state index is -3.88. The predicted octanol–water partition coefficient (Wildman–Crippen LogP) is 3.05. The van der Waals surface area contributed by atoms with Crippen LogP contribution in [0.4, 0.5) is 5.69 Å². The topological polar surface area (TPSA) is 93.7 Å². The summed E-state index contributed by atoms with van der Waals surface area (Å²) in [5.74, 6) is 0.426. The number of hydrogen-bond donors (Lipinski definition) is 2. The number of anilines is 1. The number of carbonyl (C=O) groups excluding carboxylic acids is 1. The normalized spacial score (nSPS) is 12.3. The van der Waals surface area contributed by atoms with Crippen molar-refractivity contribution < 1.29 is 22.7 Å². The van der Waals surface area contributed by atoms with Crippen LogP contribution < -0.4 is 19.5 Å². The van der Waals surface area contributed by atoms with E-state index in [4.69, 9.17) is 21.1 Å². The van der Waals surface area contributed by atoms with Crippen LogP contribution in [0.15, 0.2) is 47.4 Å². The van der Waals surface area contributed by atoms with Crippen LogP contribution in [-0.4, -0.2) is 34.1 Å². The van der Waals surface area contributed by atoms with Crippen LogP contribution >= 0.6 is 11.6 Å². The van der Waals surface area contributed by atoms with Gasteiger partial charge in [-0.3, -0.25) is 4.79 Å². The quantitative estimate of drug-likeness (QED) is 0.695. The van der Waals surface area contributed by atoms with Crippen molar-refractivity contribution in [2.45, 2.75) is 24.8 Å². The lowest BCUT2D eigenvalue weighted by atomic mass is 10.2. The van der Waals surface area contributed by atoms with Crippen molar-refractivity contribution in [3.63, 3.8) is 0 Å². The minimum absolute atomic E-state index is 0.0333. The molecule has 0 fully saturated rings. The van der Waals surface area contributed by atoms with Crippen molar-refractivity contribution >= 4 is 33.2 Å². The molecule has 1 atom stereocenters. The van der Waals surface area contributed by atoms with Gasteiger partial charge in [0.1, 0.15) is 11.5 Å². The maximum Gasteiger partial charge on any atom is 0.242 e. The van der Waals surface area contributed by atoms with E-state index in [0.717, 1.165) is 0 Å². The van der Waals surface area contributed by atoms with Crippen LogP contribution in [0.5, 0.6) is 11.5 Å². The molecule has 1 amide bonds. The maximum atomic E-state index is 12.5. The Labute approximate surface area is 163 Å². The Bertz CT molecular complexity index is 900.